The molecule has 10 N–H and O–H groups in total. The van der Waals surface area contributed by atoms with Gasteiger partial charge in [0, 0.05) is 24.5 Å². The molecule has 1 aromatic heterocycles. The van der Waals surface area contributed by atoms with Gasteiger partial charge >= 0.3 is 10.4 Å². The summed E-state index contributed by atoms with van der Waals surface area (Å²) >= 11 is 0. The third-order valence-corrected chi connectivity index (χ3v) is 5.66. The number of pyridine rings is 1. The topological polar surface area (TPSA) is 250 Å². The summed E-state index contributed by atoms with van der Waals surface area (Å²) < 4.78 is 34.7. The summed E-state index contributed by atoms with van der Waals surface area (Å²) in [6.07, 6.45) is -3.86. The summed E-state index contributed by atoms with van der Waals surface area (Å²) in [5, 5.41) is 77.4. The first-order valence-electron chi connectivity index (χ1n) is 11.0. The predicted octanol–water partition coefficient (Wildman–Crippen LogP) is -1.23. The van der Waals surface area contributed by atoms with Crippen LogP contribution in [0.1, 0.15) is 11.3 Å². The van der Waals surface area contributed by atoms with Crippen LogP contribution in [0.25, 0.3) is 10.8 Å². The first-order valence-corrected chi connectivity index (χ1v) is 12.4. The van der Waals surface area contributed by atoms with Crippen LogP contribution in [0.4, 0.5) is 0 Å². The Morgan fingerprint density at radius 2 is 1.58 bits per heavy atom. The van der Waals surface area contributed by atoms with Crippen LogP contribution in [-0.2, 0) is 16.8 Å². The second-order valence-corrected chi connectivity index (χ2v) is 9.19. The van der Waals surface area contributed by atoms with Gasteiger partial charge in [-0.25, -0.2) is 0 Å². The van der Waals surface area contributed by atoms with Crippen molar-refractivity contribution in [2.24, 2.45) is 0 Å². The molecule has 15 heteroatoms. The molecule has 0 aliphatic heterocycles. The Labute approximate surface area is 217 Å². The SMILES string of the molecule is CNC[C@H](O)[C@@H](O)[C@H](O)[C@H](O)CO.O=S(=O)(O)Oc1cc2ccnc(Cc3ccc(O)c(O)c3)c2cc1O. The lowest BCUT2D eigenvalue weighted by atomic mass is 10.0. The van der Waals surface area contributed by atoms with E-state index in [2.05, 4.69) is 14.5 Å². The number of hydrogen-bond donors (Lipinski definition) is 10. The number of nitrogens with zero attached hydrogens (tertiary/aromatic N) is 1. The maximum atomic E-state index is 10.8. The normalized spacial score (nSPS) is 14.7. The van der Waals surface area contributed by atoms with Crippen LogP contribution in [0.5, 0.6) is 23.0 Å². The minimum Gasteiger partial charge on any atom is -0.504 e. The largest absolute Gasteiger partial charge is 0.504 e. The van der Waals surface area contributed by atoms with E-state index in [0.29, 0.717) is 28.5 Å². The van der Waals surface area contributed by atoms with Crippen LogP contribution in [0.3, 0.4) is 0 Å². The molecule has 0 amide bonds. The van der Waals surface area contributed by atoms with Crippen molar-refractivity contribution in [1.29, 1.82) is 0 Å². The van der Waals surface area contributed by atoms with Gasteiger partial charge < -0.3 is 50.4 Å². The Balaban J connectivity index is 0.000000332. The van der Waals surface area contributed by atoms with E-state index in [4.69, 9.17) is 25.0 Å². The second-order valence-electron chi connectivity index (χ2n) is 8.17. The summed E-state index contributed by atoms with van der Waals surface area (Å²) in [7, 11) is -3.19. The molecular formula is C23H30N2O12S. The lowest BCUT2D eigenvalue weighted by Gasteiger charge is -2.25. The molecule has 14 nitrogen and oxygen atoms in total. The molecule has 38 heavy (non-hydrogen) atoms. The van der Waals surface area contributed by atoms with Gasteiger partial charge in [-0.1, -0.05) is 6.07 Å². The summed E-state index contributed by atoms with van der Waals surface area (Å²) in [6.45, 7) is -0.569. The summed E-state index contributed by atoms with van der Waals surface area (Å²) in [6, 6.07) is 8.49. The molecule has 210 valence electrons. The first kappa shape index (κ1) is 30.9. The van der Waals surface area contributed by atoms with Gasteiger partial charge in [-0.2, -0.15) is 8.42 Å². The maximum Gasteiger partial charge on any atom is 0.446 e. The highest BCUT2D eigenvalue weighted by molar-refractivity contribution is 7.81. The lowest BCUT2D eigenvalue weighted by molar-refractivity contribution is -0.113. The third-order valence-electron chi connectivity index (χ3n) is 5.27. The molecule has 0 aliphatic carbocycles. The first-order chi connectivity index (χ1) is 17.8. The van der Waals surface area contributed by atoms with E-state index in [9.17, 15) is 28.8 Å². The number of aliphatic hydroxyl groups excluding tert-OH is 5. The number of aliphatic hydroxyl groups is 5. The van der Waals surface area contributed by atoms with Crippen molar-refractivity contribution >= 4 is 21.2 Å². The van der Waals surface area contributed by atoms with Gasteiger partial charge in [0.15, 0.2) is 23.0 Å². The fourth-order valence-corrected chi connectivity index (χ4v) is 3.70. The molecule has 4 atom stereocenters. The quantitative estimate of drug-likeness (QED) is 0.103. The standard InChI is InChI=1S/C16H13NO7S.C7H17NO5/c18-13-2-1-9(6-14(13)19)5-12-11-8-15(20)16(24-25(21,22)23)7-10(11)3-4-17-12;1-8-2-4(10)6(12)7(13)5(11)3-9/h1-4,6-8,18-20H,5H2,(H,21,22,23);4-13H,2-3H2,1H3/t;4-,5+,6+,7+/m.0/s1. The zero-order valence-electron chi connectivity index (χ0n) is 20.1. The number of aromatic hydroxyl groups is 3. The maximum absolute atomic E-state index is 10.8. The van der Waals surface area contributed by atoms with Crippen LogP contribution >= 0.6 is 0 Å². The van der Waals surface area contributed by atoms with Crippen molar-refractivity contribution in [3.05, 3.63) is 53.9 Å². The Morgan fingerprint density at radius 1 is 0.921 bits per heavy atom. The van der Waals surface area contributed by atoms with E-state index in [0.717, 1.165) is 0 Å². The molecular weight excluding hydrogens is 528 g/mol. The lowest BCUT2D eigenvalue weighted by Crippen LogP contribution is -2.48. The van der Waals surface area contributed by atoms with Crippen molar-refractivity contribution in [3.8, 4) is 23.0 Å². The van der Waals surface area contributed by atoms with Crippen molar-refractivity contribution in [2.45, 2.75) is 30.8 Å². The van der Waals surface area contributed by atoms with Crippen molar-refractivity contribution in [1.82, 2.24) is 10.3 Å². The molecule has 0 saturated heterocycles. The number of nitrogens with one attached hydrogen (secondary N) is 1. The van der Waals surface area contributed by atoms with E-state index >= 15 is 0 Å². The Kier molecular flexibility index (Phi) is 11.0. The van der Waals surface area contributed by atoms with Gasteiger partial charge in [0.1, 0.15) is 18.3 Å². The molecule has 0 bridgehead atoms. The number of fused-ring (bicyclic) bond motifs is 1. The Morgan fingerprint density at radius 3 is 2.16 bits per heavy atom. The Hall–Kier alpha value is -3.28. The van der Waals surface area contributed by atoms with Crippen LogP contribution < -0.4 is 9.50 Å². The van der Waals surface area contributed by atoms with E-state index in [-0.39, 0.29) is 18.0 Å². The van der Waals surface area contributed by atoms with Gasteiger partial charge in [-0.15, -0.1) is 0 Å². The number of likely N-dealkylation sites (N-methyl/N-ethyl adjacent to an activating group) is 1. The molecule has 0 spiro atoms. The molecule has 0 saturated carbocycles. The molecule has 2 aromatic carbocycles. The summed E-state index contributed by atoms with van der Waals surface area (Å²) in [4.78, 5) is 4.24. The van der Waals surface area contributed by atoms with E-state index in [1.54, 1.807) is 19.2 Å². The number of rotatable bonds is 10. The van der Waals surface area contributed by atoms with Crippen molar-refractivity contribution in [2.75, 3.05) is 20.2 Å². The van der Waals surface area contributed by atoms with Crippen molar-refractivity contribution < 1.29 is 58.0 Å². The third kappa shape index (κ3) is 8.64. The predicted molar refractivity (Wildman–Crippen MR) is 133 cm³/mol. The smallest absolute Gasteiger partial charge is 0.446 e. The minimum atomic E-state index is -4.76. The minimum absolute atomic E-state index is 0.0936. The highest BCUT2D eigenvalue weighted by atomic mass is 32.3. The highest BCUT2D eigenvalue weighted by Gasteiger charge is 2.29. The monoisotopic (exact) mass is 558 g/mol. The van der Waals surface area contributed by atoms with Gasteiger partial charge in [-0.05, 0) is 48.3 Å². The highest BCUT2D eigenvalue weighted by Crippen LogP contribution is 2.34. The number of phenolic OH excluding ortho intramolecular Hbond substituents is 3. The van der Waals surface area contributed by atoms with Gasteiger partial charge in [0.05, 0.1) is 18.4 Å². The van der Waals surface area contributed by atoms with Crippen LogP contribution in [-0.4, -0.2) is 103 Å². The van der Waals surface area contributed by atoms with E-state index in [1.165, 1.54) is 30.5 Å². The summed E-state index contributed by atoms with van der Waals surface area (Å²) in [5.74, 6) is -1.38. The number of aromatic nitrogens is 1. The van der Waals surface area contributed by atoms with Crippen LogP contribution in [0.2, 0.25) is 0 Å². The van der Waals surface area contributed by atoms with E-state index < -0.39 is 52.9 Å². The van der Waals surface area contributed by atoms with Gasteiger partial charge in [0.25, 0.3) is 0 Å². The molecule has 3 aromatic rings. The fraction of sp³-hybridized carbons (Fsp3) is 0.348. The molecule has 3 rings (SSSR count). The molecule has 0 radical (unpaired) electrons. The summed E-state index contributed by atoms with van der Waals surface area (Å²) in [5.41, 5.74) is 1.23. The van der Waals surface area contributed by atoms with Crippen molar-refractivity contribution in [3.63, 3.8) is 0 Å². The second kappa shape index (κ2) is 13.5. The number of benzene rings is 2. The molecule has 0 fully saturated rings. The fourth-order valence-electron chi connectivity index (χ4n) is 3.34. The number of hydrogen-bond acceptors (Lipinski definition) is 13. The number of phenols is 3. The van der Waals surface area contributed by atoms with Gasteiger partial charge in [0.2, 0.25) is 0 Å². The average molecular weight is 559 g/mol. The van der Waals surface area contributed by atoms with E-state index in [1.807, 2.05) is 0 Å². The zero-order valence-corrected chi connectivity index (χ0v) is 20.9. The van der Waals surface area contributed by atoms with Crippen LogP contribution in [0, 0.1) is 0 Å². The average Bonchev–Trinajstić information content (AvgIpc) is 2.85. The molecule has 1 heterocycles. The molecule has 0 aliphatic rings. The van der Waals surface area contributed by atoms with Gasteiger partial charge in [-0.3, -0.25) is 9.54 Å². The molecule has 0 unspecified atom stereocenters. The zero-order chi connectivity index (χ0) is 28.6. The van der Waals surface area contributed by atoms with Crippen LogP contribution in [0.15, 0.2) is 42.6 Å². The Bertz CT molecular complexity index is 1320.